The quantitative estimate of drug-likeness (QED) is 0.853. The van der Waals surface area contributed by atoms with Crippen LogP contribution in [-0.2, 0) is 0 Å². The average Bonchev–Trinajstić information content (AvgIpc) is 2.38. The lowest BCUT2D eigenvalue weighted by Gasteiger charge is -2.17. The van der Waals surface area contributed by atoms with Crippen LogP contribution >= 0.6 is 15.9 Å². The maximum atomic E-state index is 13.7. The molecule has 2 rings (SSSR count). The third kappa shape index (κ3) is 2.41. The van der Waals surface area contributed by atoms with Crippen LogP contribution in [0.1, 0.15) is 10.4 Å². The number of benzene rings is 1. The molecule has 1 heterocycles. The predicted octanol–water partition coefficient (Wildman–Crippen LogP) is 3.26. The van der Waals surface area contributed by atoms with Gasteiger partial charge in [-0.25, -0.2) is 9.37 Å². The van der Waals surface area contributed by atoms with E-state index in [1.54, 1.807) is 37.5 Å². The first-order valence-corrected chi connectivity index (χ1v) is 6.03. The summed E-state index contributed by atoms with van der Waals surface area (Å²) in [5, 5.41) is 0. The number of hydrogen-bond acceptors (Lipinski definition) is 2. The zero-order chi connectivity index (χ0) is 13.1. The first-order chi connectivity index (χ1) is 8.61. The molecule has 0 bridgehead atoms. The zero-order valence-corrected chi connectivity index (χ0v) is 11.2. The van der Waals surface area contributed by atoms with Crippen molar-refractivity contribution in [2.24, 2.45) is 0 Å². The highest BCUT2D eigenvalue weighted by molar-refractivity contribution is 9.10. The lowest BCUT2D eigenvalue weighted by molar-refractivity contribution is 0.0987. The summed E-state index contributed by atoms with van der Waals surface area (Å²) in [7, 11) is 1.56. The molecule has 0 saturated carbocycles. The number of halogens is 2. The first kappa shape index (κ1) is 12.7. The summed E-state index contributed by atoms with van der Waals surface area (Å²) in [5.74, 6) is -0.534. The van der Waals surface area contributed by atoms with Gasteiger partial charge in [0.25, 0.3) is 5.91 Å². The fraction of sp³-hybridized carbons (Fsp3) is 0.0769. The molecule has 0 aliphatic carbocycles. The zero-order valence-electron chi connectivity index (χ0n) is 9.60. The van der Waals surface area contributed by atoms with Crippen LogP contribution in [0.25, 0.3) is 0 Å². The van der Waals surface area contributed by atoms with E-state index in [0.717, 1.165) is 0 Å². The SMILES string of the molecule is CN(C(=O)c1c(F)cccc1Br)c1ccccn1. The predicted molar refractivity (Wildman–Crippen MR) is 71.1 cm³/mol. The van der Waals surface area contributed by atoms with Crippen LogP contribution in [-0.4, -0.2) is 17.9 Å². The fourth-order valence-electron chi connectivity index (χ4n) is 1.53. The molecule has 3 nitrogen and oxygen atoms in total. The van der Waals surface area contributed by atoms with Crippen molar-refractivity contribution in [3.05, 3.63) is 58.4 Å². The van der Waals surface area contributed by atoms with Crippen LogP contribution in [0.5, 0.6) is 0 Å². The van der Waals surface area contributed by atoms with E-state index < -0.39 is 11.7 Å². The largest absolute Gasteiger partial charge is 0.296 e. The average molecular weight is 309 g/mol. The van der Waals surface area contributed by atoms with Gasteiger partial charge in [0.05, 0.1) is 5.56 Å². The Hall–Kier alpha value is -1.75. The molecule has 0 atom stereocenters. The van der Waals surface area contributed by atoms with Gasteiger partial charge in [-0.15, -0.1) is 0 Å². The van der Waals surface area contributed by atoms with E-state index >= 15 is 0 Å². The molecule has 2 aromatic rings. The Morgan fingerprint density at radius 2 is 2.06 bits per heavy atom. The number of aromatic nitrogens is 1. The summed E-state index contributed by atoms with van der Waals surface area (Å²) in [6.07, 6.45) is 1.58. The topological polar surface area (TPSA) is 33.2 Å². The van der Waals surface area contributed by atoms with E-state index in [-0.39, 0.29) is 5.56 Å². The monoisotopic (exact) mass is 308 g/mol. The van der Waals surface area contributed by atoms with Crippen LogP contribution in [0.4, 0.5) is 10.2 Å². The van der Waals surface area contributed by atoms with Crippen LogP contribution < -0.4 is 4.90 Å². The number of pyridine rings is 1. The normalized spacial score (nSPS) is 10.2. The van der Waals surface area contributed by atoms with Gasteiger partial charge >= 0.3 is 0 Å². The number of rotatable bonds is 2. The van der Waals surface area contributed by atoms with Gasteiger partial charge in [-0.05, 0) is 40.2 Å². The van der Waals surface area contributed by atoms with Crippen LogP contribution in [0.15, 0.2) is 47.1 Å². The van der Waals surface area contributed by atoms with Crippen molar-refractivity contribution in [3.63, 3.8) is 0 Å². The maximum Gasteiger partial charge on any atom is 0.263 e. The van der Waals surface area contributed by atoms with E-state index in [1.165, 1.54) is 17.0 Å². The molecule has 1 aromatic heterocycles. The number of anilines is 1. The lowest BCUT2D eigenvalue weighted by Crippen LogP contribution is -2.28. The van der Waals surface area contributed by atoms with E-state index in [4.69, 9.17) is 0 Å². The van der Waals surface area contributed by atoms with Gasteiger partial charge < -0.3 is 0 Å². The number of hydrogen-bond donors (Lipinski definition) is 0. The molecule has 1 aromatic carbocycles. The Morgan fingerprint density at radius 1 is 1.28 bits per heavy atom. The van der Waals surface area contributed by atoms with Crippen LogP contribution in [0, 0.1) is 5.82 Å². The Morgan fingerprint density at radius 3 is 2.67 bits per heavy atom. The van der Waals surface area contributed by atoms with Crippen molar-refractivity contribution in [3.8, 4) is 0 Å². The maximum absolute atomic E-state index is 13.7. The summed E-state index contributed by atoms with van der Waals surface area (Å²) in [6, 6.07) is 9.62. The van der Waals surface area contributed by atoms with Crippen molar-refractivity contribution in [1.29, 1.82) is 0 Å². The number of nitrogens with zero attached hydrogens (tertiary/aromatic N) is 2. The third-order valence-electron chi connectivity index (χ3n) is 2.47. The minimum absolute atomic E-state index is 0.00523. The van der Waals surface area contributed by atoms with Gasteiger partial charge in [0.15, 0.2) is 0 Å². The van der Waals surface area contributed by atoms with Gasteiger partial charge in [0, 0.05) is 17.7 Å². The molecule has 0 unspecified atom stereocenters. The number of carbonyl (C=O) groups excluding carboxylic acids is 1. The summed E-state index contributed by atoms with van der Waals surface area (Å²) >= 11 is 3.18. The highest BCUT2D eigenvalue weighted by atomic mass is 79.9. The molecule has 0 N–H and O–H groups in total. The minimum Gasteiger partial charge on any atom is -0.296 e. The van der Waals surface area contributed by atoms with Crippen molar-refractivity contribution < 1.29 is 9.18 Å². The summed E-state index contributed by atoms with van der Waals surface area (Å²) in [4.78, 5) is 17.6. The van der Waals surface area contributed by atoms with Gasteiger partial charge in [-0.2, -0.15) is 0 Å². The molecule has 92 valence electrons. The second kappa shape index (κ2) is 5.27. The molecule has 0 radical (unpaired) electrons. The van der Waals surface area contributed by atoms with Crippen molar-refractivity contribution in [2.45, 2.75) is 0 Å². The van der Waals surface area contributed by atoms with E-state index in [9.17, 15) is 9.18 Å². The molecular weight excluding hydrogens is 299 g/mol. The molecule has 5 heteroatoms. The molecule has 18 heavy (non-hydrogen) atoms. The van der Waals surface area contributed by atoms with Gasteiger partial charge in [0.1, 0.15) is 11.6 Å². The Bertz CT molecular complexity index is 554. The first-order valence-electron chi connectivity index (χ1n) is 5.24. The van der Waals surface area contributed by atoms with Crippen LogP contribution in [0.3, 0.4) is 0 Å². The molecule has 0 spiro atoms. The highest BCUT2D eigenvalue weighted by Crippen LogP contribution is 2.22. The lowest BCUT2D eigenvalue weighted by atomic mass is 10.2. The number of carbonyl (C=O) groups is 1. The van der Waals surface area contributed by atoms with Gasteiger partial charge in [-0.3, -0.25) is 9.69 Å². The minimum atomic E-state index is -0.558. The third-order valence-corrected chi connectivity index (χ3v) is 3.14. The van der Waals surface area contributed by atoms with E-state index in [2.05, 4.69) is 20.9 Å². The summed E-state index contributed by atoms with van der Waals surface area (Å²) < 4.78 is 14.1. The van der Waals surface area contributed by atoms with Crippen molar-refractivity contribution >= 4 is 27.7 Å². The molecule has 0 fully saturated rings. The van der Waals surface area contributed by atoms with E-state index in [1.807, 2.05) is 0 Å². The summed E-state index contributed by atoms with van der Waals surface area (Å²) in [6.45, 7) is 0. The molecule has 1 amide bonds. The molecular formula is C13H10BrFN2O. The molecule has 0 saturated heterocycles. The highest BCUT2D eigenvalue weighted by Gasteiger charge is 2.20. The van der Waals surface area contributed by atoms with Crippen molar-refractivity contribution in [1.82, 2.24) is 4.98 Å². The second-order valence-electron chi connectivity index (χ2n) is 3.65. The molecule has 0 aliphatic heterocycles. The Balaban J connectivity index is 2.38. The Labute approximate surface area is 112 Å². The standard InChI is InChI=1S/C13H10BrFN2O/c1-17(11-7-2-3-8-16-11)13(18)12-9(14)5-4-6-10(12)15/h2-8H,1H3. The molecule has 0 aliphatic rings. The van der Waals surface area contributed by atoms with Crippen molar-refractivity contribution in [2.75, 3.05) is 11.9 Å². The fourth-order valence-corrected chi connectivity index (χ4v) is 2.04. The van der Waals surface area contributed by atoms with Crippen LogP contribution in [0.2, 0.25) is 0 Å². The Kier molecular flexibility index (Phi) is 3.72. The smallest absolute Gasteiger partial charge is 0.263 e. The van der Waals surface area contributed by atoms with Gasteiger partial charge in [-0.1, -0.05) is 12.1 Å². The van der Waals surface area contributed by atoms with E-state index in [0.29, 0.717) is 10.3 Å². The second-order valence-corrected chi connectivity index (χ2v) is 4.50. The summed E-state index contributed by atoms with van der Waals surface area (Å²) in [5.41, 5.74) is 0.00523. The number of amides is 1. The van der Waals surface area contributed by atoms with Gasteiger partial charge in [0.2, 0.25) is 0 Å².